The van der Waals surface area contributed by atoms with E-state index in [1.165, 1.54) is 6.42 Å². The molecular formula is C15H16N6O2. The zero-order chi connectivity index (χ0) is 15.6. The van der Waals surface area contributed by atoms with Crippen molar-refractivity contribution in [3.8, 4) is 0 Å². The zero-order valence-corrected chi connectivity index (χ0v) is 12.5. The van der Waals surface area contributed by atoms with Gasteiger partial charge in [-0.05, 0) is 31.0 Å². The average Bonchev–Trinajstić information content (AvgIpc) is 3.13. The summed E-state index contributed by atoms with van der Waals surface area (Å²) in [5, 5.41) is 17.3. The molecule has 0 bridgehead atoms. The summed E-state index contributed by atoms with van der Waals surface area (Å²) in [6.07, 6.45) is 4.04. The lowest BCUT2D eigenvalue weighted by molar-refractivity contribution is 0.0954. The quantitative estimate of drug-likeness (QED) is 0.740. The van der Waals surface area contributed by atoms with Crippen LogP contribution < -0.4 is 5.32 Å². The van der Waals surface area contributed by atoms with Gasteiger partial charge in [0.25, 0.3) is 5.91 Å². The number of carbonyl (C=O) groups excluding carboxylic acids is 1. The highest BCUT2D eigenvalue weighted by atomic mass is 16.5. The van der Waals surface area contributed by atoms with Crippen molar-refractivity contribution in [1.82, 2.24) is 30.9 Å². The third-order valence-corrected chi connectivity index (χ3v) is 4.15. The summed E-state index contributed by atoms with van der Waals surface area (Å²) < 4.78 is 5.26. The van der Waals surface area contributed by atoms with Crippen molar-refractivity contribution in [1.29, 1.82) is 0 Å². The number of hydrogen-bond donors (Lipinski definition) is 2. The molecule has 0 saturated heterocycles. The summed E-state index contributed by atoms with van der Waals surface area (Å²) in [6.45, 7) is 0.458. The van der Waals surface area contributed by atoms with E-state index in [4.69, 9.17) is 4.52 Å². The van der Waals surface area contributed by atoms with Crippen LogP contribution in [0.5, 0.6) is 0 Å². The van der Waals surface area contributed by atoms with Crippen LogP contribution in [0.1, 0.15) is 47.3 Å². The van der Waals surface area contributed by atoms with Crippen molar-refractivity contribution in [3.05, 3.63) is 35.5 Å². The van der Waals surface area contributed by atoms with E-state index in [0.29, 0.717) is 35.8 Å². The average molecular weight is 312 g/mol. The van der Waals surface area contributed by atoms with E-state index < -0.39 is 0 Å². The summed E-state index contributed by atoms with van der Waals surface area (Å²) in [6, 6.07) is 5.19. The number of nitrogens with one attached hydrogen (secondary N) is 2. The number of aromatic amines is 1. The first kappa shape index (κ1) is 13.9. The number of aromatic nitrogens is 5. The molecule has 0 atom stereocenters. The molecule has 1 aliphatic carbocycles. The standard InChI is InChI=1S/C15H16N6O2/c22-14(10-4-5-11-12(8-10)19-21-18-11)16-7-6-13-17-15(23-20-13)9-2-1-3-9/h4-5,8-9H,1-3,6-7H2,(H,16,22)(H,18,19,21). The smallest absolute Gasteiger partial charge is 0.251 e. The minimum atomic E-state index is -0.155. The molecule has 8 heteroatoms. The molecule has 23 heavy (non-hydrogen) atoms. The highest BCUT2D eigenvalue weighted by Gasteiger charge is 2.25. The molecule has 0 spiro atoms. The van der Waals surface area contributed by atoms with Crippen LogP contribution in [0.2, 0.25) is 0 Å². The van der Waals surface area contributed by atoms with Crippen molar-refractivity contribution < 1.29 is 9.32 Å². The van der Waals surface area contributed by atoms with E-state index in [9.17, 15) is 4.79 Å². The van der Waals surface area contributed by atoms with Crippen LogP contribution in [-0.2, 0) is 6.42 Å². The molecule has 0 unspecified atom stereocenters. The number of fused-ring (bicyclic) bond motifs is 1. The maximum atomic E-state index is 12.1. The number of amides is 1. The van der Waals surface area contributed by atoms with Gasteiger partial charge < -0.3 is 9.84 Å². The lowest BCUT2D eigenvalue weighted by atomic mass is 9.85. The fraction of sp³-hybridized carbons (Fsp3) is 0.400. The first-order chi connectivity index (χ1) is 11.3. The number of benzene rings is 1. The molecule has 8 nitrogen and oxygen atoms in total. The Hall–Kier alpha value is -2.77. The first-order valence-electron chi connectivity index (χ1n) is 7.71. The van der Waals surface area contributed by atoms with Gasteiger partial charge in [0.15, 0.2) is 5.82 Å². The molecule has 4 rings (SSSR count). The lowest BCUT2D eigenvalue weighted by Gasteiger charge is -2.20. The Morgan fingerprint density at radius 3 is 3.00 bits per heavy atom. The number of carbonyl (C=O) groups is 1. The van der Waals surface area contributed by atoms with E-state index in [1.807, 2.05) is 0 Å². The van der Waals surface area contributed by atoms with E-state index in [-0.39, 0.29) is 5.91 Å². The van der Waals surface area contributed by atoms with Gasteiger partial charge >= 0.3 is 0 Å². The summed E-state index contributed by atoms with van der Waals surface area (Å²) in [5.74, 6) is 1.64. The molecule has 2 aromatic heterocycles. The normalized spacial score (nSPS) is 14.8. The van der Waals surface area contributed by atoms with Crippen LogP contribution in [0, 0.1) is 0 Å². The summed E-state index contributed by atoms with van der Waals surface area (Å²) >= 11 is 0. The molecule has 2 N–H and O–H groups in total. The third-order valence-electron chi connectivity index (χ3n) is 4.15. The monoisotopic (exact) mass is 312 g/mol. The molecule has 3 aromatic rings. The topological polar surface area (TPSA) is 110 Å². The second-order valence-corrected chi connectivity index (χ2v) is 5.71. The Kier molecular flexibility index (Phi) is 3.49. The van der Waals surface area contributed by atoms with Crippen molar-refractivity contribution in [2.75, 3.05) is 6.54 Å². The summed E-state index contributed by atoms with van der Waals surface area (Å²) in [4.78, 5) is 16.5. The summed E-state index contributed by atoms with van der Waals surface area (Å²) in [5.41, 5.74) is 1.95. The first-order valence-corrected chi connectivity index (χ1v) is 7.71. The van der Waals surface area contributed by atoms with Gasteiger partial charge in [0.1, 0.15) is 11.0 Å². The largest absolute Gasteiger partial charge is 0.352 e. The van der Waals surface area contributed by atoms with Crippen LogP contribution in [0.4, 0.5) is 0 Å². The Labute approximate surface area is 131 Å². The van der Waals surface area contributed by atoms with Crippen LogP contribution in [0.25, 0.3) is 11.0 Å². The number of nitrogens with zero attached hydrogens (tertiary/aromatic N) is 4. The molecule has 1 aromatic carbocycles. The predicted molar refractivity (Wildman–Crippen MR) is 80.8 cm³/mol. The highest BCUT2D eigenvalue weighted by Crippen LogP contribution is 2.35. The zero-order valence-electron chi connectivity index (χ0n) is 12.5. The fourth-order valence-corrected chi connectivity index (χ4v) is 2.56. The van der Waals surface area contributed by atoms with Gasteiger partial charge in [-0.2, -0.15) is 20.4 Å². The highest BCUT2D eigenvalue weighted by molar-refractivity contribution is 5.97. The number of H-pyrrole nitrogens is 1. The predicted octanol–water partition coefficient (Wildman–Crippen LogP) is 1.58. The third kappa shape index (κ3) is 2.79. The van der Waals surface area contributed by atoms with Gasteiger partial charge in [-0.3, -0.25) is 4.79 Å². The minimum Gasteiger partial charge on any atom is -0.352 e. The summed E-state index contributed by atoms with van der Waals surface area (Å²) in [7, 11) is 0. The van der Waals surface area contributed by atoms with Crippen LogP contribution in [0.15, 0.2) is 22.7 Å². The van der Waals surface area contributed by atoms with Crippen LogP contribution in [0.3, 0.4) is 0 Å². The van der Waals surface area contributed by atoms with Crippen molar-refractivity contribution in [2.24, 2.45) is 0 Å². The minimum absolute atomic E-state index is 0.155. The van der Waals surface area contributed by atoms with Crippen LogP contribution in [-0.4, -0.2) is 38.0 Å². The Morgan fingerprint density at radius 2 is 2.17 bits per heavy atom. The van der Waals surface area contributed by atoms with Crippen LogP contribution >= 0.6 is 0 Å². The molecule has 2 heterocycles. The molecular weight excluding hydrogens is 296 g/mol. The second-order valence-electron chi connectivity index (χ2n) is 5.71. The molecule has 1 amide bonds. The van der Waals surface area contributed by atoms with Crippen molar-refractivity contribution in [2.45, 2.75) is 31.6 Å². The fourth-order valence-electron chi connectivity index (χ4n) is 2.56. The van der Waals surface area contributed by atoms with Crippen molar-refractivity contribution in [3.63, 3.8) is 0 Å². The maximum absolute atomic E-state index is 12.1. The number of hydrogen-bond acceptors (Lipinski definition) is 6. The van der Waals surface area contributed by atoms with Crippen molar-refractivity contribution >= 4 is 16.9 Å². The van der Waals surface area contributed by atoms with Gasteiger partial charge in [-0.1, -0.05) is 11.6 Å². The van der Waals surface area contributed by atoms with E-state index in [1.54, 1.807) is 18.2 Å². The van der Waals surface area contributed by atoms with E-state index in [0.717, 1.165) is 24.2 Å². The van der Waals surface area contributed by atoms with Gasteiger partial charge in [-0.25, -0.2) is 0 Å². The SMILES string of the molecule is O=C(NCCc1noc(C2CCC2)n1)c1ccc2n[nH]nc2c1. The second kappa shape index (κ2) is 5.79. The molecule has 1 fully saturated rings. The maximum Gasteiger partial charge on any atom is 0.251 e. The number of rotatable bonds is 5. The molecule has 0 aliphatic heterocycles. The Bertz CT molecular complexity index is 835. The molecule has 118 valence electrons. The Balaban J connectivity index is 1.33. The van der Waals surface area contributed by atoms with E-state index >= 15 is 0 Å². The molecule has 1 aliphatic rings. The van der Waals surface area contributed by atoms with Gasteiger partial charge in [-0.15, -0.1) is 0 Å². The molecule has 1 saturated carbocycles. The Morgan fingerprint density at radius 1 is 1.30 bits per heavy atom. The molecule has 0 radical (unpaired) electrons. The lowest BCUT2D eigenvalue weighted by Crippen LogP contribution is -2.25. The van der Waals surface area contributed by atoms with Gasteiger partial charge in [0.2, 0.25) is 5.89 Å². The van der Waals surface area contributed by atoms with Gasteiger partial charge in [0.05, 0.1) is 0 Å². The van der Waals surface area contributed by atoms with E-state index in [2.05, 4.69) is 30.9 Å². The van der Waals surface area contributed by atoms with Gasteiger partial charge in [0, 0.05) is 24.4 Å².